The summed E-state index contributed by atoms with van der Waals surface area (Å²) in [5, 5.41) is 0. The Morgan fingerprint density at radius 3 is 2.56 bits per heavy atom. The van der Waals surface area contributed by atoms with Gasteiger partial charge in [0.2, 0.25) is 0 Å². The van der Waals surface area contributed by atoms with Crippen molar-refractivity contribution in [2.45, 2.75) is 25.9 Å². The molecule has 0 aliphatic carbocycles. The van der Waals surface area contributed by atoms with Crippen LogP contribution in [0, 0.1) is 0 Å². The fourth-order valence-corrected chi connectivity index (χ4v) is 1.76. The van der Waals surface area contributed by atoms with E-state index in [9.17, 15) is 0 Å². The van der Waals surface area contributed by atoms with E-state index in [0.29, 0.717) is 0 Å². The molecule has 0 unspecified atom stereocenters. The normalized spacial score (nSPS) is 11.7. The van der Waals surface area contributed by atoms with Gasteiger partial charge in [-0.15, -0.1) is 0 Å². The molecule has 2 aromatic rings. The van der Waals surface area contributed by atoms with Gasteiger partial charge in [0.1, 0.15) is 0 Å². The van der Waals surface area contributed by atoms with Crippen molar-refractivity contribution in [3.63, 3.8) is 0 Å². The Balaban J connectivity index is 2.26. The number of benzene rings is 1. The lowest BCUT2D eigenvalue weighted by Crippen LogP contribution is -2.31. The lowest BCUT2D eigenvalue weighted by atomic mass is 10.0. The Labute approximate surface area is 95.9 Å². The summed E-state index contributed by atoms with van der Waals surface area (Å²) in [5.41, 5.74) is 8.05. The zero-order chi connectivity index (χ0) is 11.6. The fourth-order valence-electron chi connectivity index (χ4n) is 1.76. The molecule has 0 spiro atoms. The molecule has 1 heterocycles. The van der Waals surface area contributed by atoms with E-state index in [4.69, 9.17) is 5.73 Å². The molecule has 0 saturated heterocycles. The van der Waals surface area contributed by atoms with Crippen molar-refractivity contribution in [2.24, 2.45) is 5.73 Å². The van der Waals surface area contributed by atoms with E-state index in [1.54, 1.807) is 0 Å². The Morgan fingerprint density at radius 2 is 1.94 bits per heavy atom. The number of aromatic nitrogens is 2. The summed E-state index contributed by atoms with van der Waals surface area (Å²) >= 11 is 0. The maximum Gasteiger partial charge on any atom is 0.0951 e. The summed E-state index contributed by atoms with van der Waals surface area (Å²) in [4.78, 5) is 4.17. The van der Waals surface area contributed by atoms with Crippen LogP contribution in [0.25, 0.3) is 0 Å². The van der Waals surface area contributed by atoms with E-state index in [1.165, 1.54) is 5.56 Å². The predicted molar refractivity (Wildman–Crippen MR) is 65.0 cm³/mol. The van der Waals surface area contributed by atoms with Crippen molar-refractivity contribution in [3.05, 3.63) is 54.1 Å². The standard InChI is InChI=1S/C13H17N3/c1-13(2,14)12-8-15-10-16(12)9-11-6-4-3-5-7-11/h3-8,10H,9,14H2,1-2H3. The highest BCUT2D eigenvalue weighted by molar-refractivity contribution is 5.18. The first-order chi connectivity index (χ1) is 7.57. The number of nitrogens with two attached hydrogens (primary N) is 1. The second-order valence-corrected chi connectivity index (χ2v) is 4.61. The van der Waals surface area contributed by atoms with Crippen molar-refractivity contribution in [2.75, 3.05) is 0 Å². The van der Waals surface area contributed by atoms with Gasteiger partial charge >= 0.3 is 0 Å². The molecule has 2 rings (SSSR count). The fraction of sp³-hybridized carbons (Fsp3) is 0.308. The van der Waals surface area contributed by atoms with Gasteiger partial charge in [-0.1, -0.05) is 30.3 Å². The highest BCUT2D eigenvalue weighted by atomic mass is 15.1. The van der Waals surface area contributed by atoms with Crippen molar-refractivity contribution >= 4 is 0 Å². The molecular weight excluding hydrogens is 198 g/mol. The van der Waals surface area contributed by atoms with Gasteiger partial charge in [0.25, 0.3) is 0 Å². The summed E-state index contributed by atoms with van der Waals surface area (Å²) in [6.45, 7) is 4.80. The van der Waals surface area contributed by atoms with Crippen molar-refractivity contribution < 1.29 is 0 Å². The van der Waals surface area contributed by atoms with E-state index in [2.05, 4.69) is 21.7 Å². The minimum Gasteiger partial charge on any atom is -0.328 e. The molecule has 0 aliphatic rings. The zero-order valence-corrected chi connectivity index (χ0v) is 9.72. The minimum atomic E-state index is -0.356. The molecule has 1 aromatic heterocycles. The van der Waals surface area contributed by atoms with E-state index < -0.39 is 0 Å². The lowest BCUT2D eigenvalue weighted by Gasteiger charge is -2.20. The van der Waals surface area contributed by atoms with E-state index in [1.807, 2.05) is 44.6 Å². The molecule has 84 valence electrons. The van der Waals surface area contributed by atoms with E-state index in [0.717, 1.165) is 12.2 Å². The van der Waals surface area contributed by atoms with Crippen molar-refractivity contribution in [1.29, 1.82) is 0 Å². The van der Waals surface area contributed by atoms with E-state index >= 15 is 0 Å². The molecule has 0 atom stereocenters. The van der Waals surface area contributed by atoms with Crippen LogP contribution < -0.4 is 5.73 Å². The molecule has 0 amide bonds. The zero-order valence-electron chi connectivity index (χ0n) is 9.72. The predicted octanol–water partition coefficient (Wildman–Crippen LogP) is 2.13. The third kappa shape index (κ3) is 2.31. The number of nitrogens with zero attached hydrogens (tertiary/aromatic N) is 2. The van der Waals surface area contributed by atoms with Gasteiger partial charge in [-0.2, -0.15) is 0 Å². The number of imidazole rings is 1. The van der Waals surface area contributed by atoms with Crippen molar-refractivity contribution in [3.8, 4) is 0 Å². The van der Waals surface area contributed by atoms with Crippen molar-refractivity contribution in [1.82, 2.24) is 9.55 Å². The number of hydrogen-bond donors (Lipinski definition) is 1. The SMILES string of the molecule is CC(C)(N)c1cncn1Cc1ccccc1. The molecule has 0 radical (unpaired) electrons. The largest absolute Gasteiger partial charge is 0.328 e. The summed E-state index contributed by atoms with van der Waals surface area (Å²) in [6.07, 6.45) is 3.67. The summed E-state index contributed by atoms with van der Waals surface area (Å²) in [5.74, 6) is 0. The number of rotatable bonds is 3. The van der Waals surface area contributed by atoms with Crippen LogP contribution in [0.5, 0.6) is 0 Å². The van der Waals surface area contributed by atoms with Gasteiger partial charge in [-0.25, -0.2) is 4.98 Å². The van der Waals surface area contributed by atoms with Gasteiger partial charge in [0.05, 0.1) is 17.6 Å². The van der Waals surface area contributed by atoms with Gasteiger partial charge in [-0.3, -0.25) is 0 Å². The molecule has 0 bridgehead atoms. The van der Waals surface area contributed by atoms with Gasteiger partial charge in [0, 0.05) is 12.7 Å². The Bertz CT molecular complexity index is 452. The average Bonchev–Trinajstić information content (AvgIpc) is 2.67. The van der Waals surface area contributed by atoms with E-state index in [-0.39, 0.29) is 5.54 Å². The summed E-state index contributed by atoms with van der Waals surface area (Å²) < 4.78 is 2.09. The number of hydrogen-bond acceptors (Lipinski definition) is 2. The monoisotopic (exact) mass is 215 g/mol. The molecule has 2 N–H and O–H groups in total. The van der Waals surface area contributed by atoms with Crippen LogP contribution in [0.3, 0.4) is 0 Å². The third-order valence-corrected chi connectivity index (χ3v) is 2.57. The lowest BCUT2D eigenvalue weighted by molar-refractivity contribution is 0.503. The smallest absolute Gasteiger partial charge is 0.0951 e. The van der Waals surface area contributed by atoms with Crippen LogP contribution >= 0.6 is 0 Å². The molecule has 3 heteroatoms. The Hall–Kier alpha value is -1.61. The summed E-state index contributed by atoms with van der Waals surface area (Å²) in [6, 6.07) is 10.3. The first kappa shape index (κ1) is 10.9. The first-order valence-corrected chi connectivity index (χ1v) is 5.41. The highest BCUT2D eigenvalue weighted by Gasteiger charge is 2.18. The van der Waals surface area contributed by atoms with Crippen LogP contribution in [0.2, 0.25) is 0 Å². The average molecular weight is 215 g/mol. The van der Waals surface area contributed by atoms with Crippen LogP contribution in [-0.2, 0) is 12.1 Å². The third-order valence-electron chi connectivity index (χ3n) is 2.57. The minimum absolute atomic E-state index is 0.356. The second-order valence-electron chi connectivity index (χ2n) is 4.61. The van der Waals surface area contributed by atoms with Gasteiger partial charge in [0.15, 0.2) is 0 Å². The molecule has 0 aliphatic heterocycles. The maximum absolute atomic E-state index is 6.09. The quantitative estimate of drug-likeness (QED) is 0.852. The van der Waals surface area contributed by atoms with Crippen LogP contribution in [0.1, 0.15) is 25.1 Å². The maximum atomic E-state index is 6.09. The van der Waals surface area contributed by atoms with Crippen LogP contribution in [-0.4, -0.2) is 9.55 Å². The summed E-state index contributed by atoms with van der Waals surface area (Å²) in [7, 11) is 0. The molecule has 0 saturated carbocycles. The Kier molecular flexibility index (Phi) is 2.79. The van der Waals surface area contributed by atoms with Gasteiger partial charge in [-0.05, 0) is 19.4 Å². The highest BCUT2D eigenvalue weighted by Crippen LogP contribution is 2.17. The second kappa shape index (κ2) is 4.10. The molecule has 1 aromatic carbocycles. The molecular formula is C13H17N3. The topological polar surface area (TPSA) is 43.8 Å². The molecule has 0 fully saturated rings. The Morgan fingerprint density at radius 1 is 1.25 bits per heavy atom. The molecule has 16 heavy (non-hydrogen) atoms. The first-order valence-electron chi connectivity index (χ1n) is 5.41. The van der Waals surface area contributed by atoms with Gasteiger partial charge < -0.3 is 10.3 Å². The van der Waals surface area contributed by atoms with Crippen LogP contribution in [0.4, 0.5) is 0 Å². The van der Waals surface area contributed by atoms with Crippen LogP contribution in [0.15, 0.2) is 42.9 Å². The molecule has 3 nitrogen and oxygen atoms in total.